The maximum absolute atomic E-state index is 13.5. The number of diazo groups is 1. The highest BCUT2D eigenvalue weighted by atomic mass is 16.3. The lowest BCUT2D eigenvalue weighted by molar-refractivity contribution is -0.143. The van der Waals surface area contributed by atoms with Crippen molar-refractivity contribution in [1.29, 1.82) is 5.39 Å². The summed E-state index contributed by atoms with van der Waals surface area (Å²) in [6.07, 6.45) is 8.63. The molecule has 4 rings (SSSR count). The first-order valence-electron chi connectivity index (χ1n) is 11.1. The molecule has 0 bridgehead atoms. The SMILES string of the molecule is C[C@@H](O)[C@H]1CC[C@H]2[C@@H]3CC=C4C[C@@H](O)CC[C@]4(C)[C@H]3CC[C@]12C(=O)/C(=C/O)[N+]#N. The van der Waals surface area contributed by atoms with E-state index in [1.165, 1.54) is 5.57 Å². The zero-order valence-corrected chi connectivity index (χ0v) is 17.4. The molecule has 0 spiro atoms. The summed E-state index contributed by atoms with van der Waals surface area (Å²) >= 11 is 0. The molecule has 0 heterocycles. The third-order valence-corrected chi connectivity index (χ3v) is 9.12. The lowest BCUT2D eigenvalue weighted by atomic mass is 9.46. The number of hydrogen-bond acceptors (Lipinski definition) is 5. The van der Waals surface area contributed by atoms with Crippen LogP contribution in [0.3, 0.4) is 0 Å². The maximum Gasteiger partial charge on any atom is 0.461 e. The number of aliphatic hydroxyl groups excluding tert-OH is 3. The van der Waals surface area contributed by atoms with Crippen LogP contribution < -0.4 is 0 Å². The number of fused-ring (bicyclic) bond motifs is 5. The molecular formula is C23H33N2O4+. The highest BCUT2D eigenvalue weighted by Gasteiger charge is 2.66. The van der Waals surface area contributed by atoms with E-state index in [0.29, 0.717) is 24.5 Å². The Morgan fingerprint density at radius 1 is 1.28 bits per heavy atom. The van der Waals surface area contributed by atoms with E-state index in [2.05, 4.69) is 18.0 Å². The quantitative estimate of drug-likeness (QED) is 0.286. The zero-order valence-electron chi connectivity index (χ0n) is 17.4. The number of hydrogen-bond donors (Lipinski definition) is 3. The molecule has 6 heteroatoms. The van der Waals surface area contributed by atoms with Crippen LogP contribution in [0.4, 0.5) is 0 Å². The molecule has 0 aromatic carbocycles. The lowest BCUT2D eigenvalue weighted by Crippen LogP contribution is -2.55. The van der Waals surface area contributed by atoms with Gasteiger partial charge in [0.25, 0.3) is 5.78 Å². The number of allylic oxidation sites excluding steroid dienone is 2. The van der Waals surface area contributed by atoms with Crippen molar-refractivity contribution in [2.45, 2.75) is 77.4 Å². The molecule has 4 aliphatic carbocycles. The zero-order chi connectivity index (χ0) is 21.0. The second kappa shape index (κ2) is 7.21. The van der Waals surface area contributed by atoms with Crippen LogP contribution in [-0.2, 0) is 4.79 Å². The summed E-state index contributed by atoms with van der Waals surface area (Å²) in [5.74, 6) is 0.379. The van der Waals surface area contributed by atoms with Crippen molar-refractivity contribution in [3.8, 4) is 0 Å². The molecule has 29 heavy (non-hydrogen) atoms. The highest BCUT2D eigenvalue weighted by molar-refractivity contribution is 6.01. The number of carbonyl (C=O) groups is 1. The summed E-state index contributed by atoms with van der Waals surface area (Å²) in [6.45, 7) is 4.08. The molecule has 3 N–H and O–H groups in total. The fraction of sp³-hybridized carbons (Fsp3) is 0.783. The molecule has 0 radical (unpaired) electrons. The minimum absolute atomic E-state index is 0.0667. The van der Waals surface area contributed by atoms with Gasteiger partial charge in [0.1, 0.15) is 0 Å². The fourth-order valence-electron chi connectivity index (χ4n) is 7.85. The van der Waals surface area contributed by atoms with Crippen molar-refractivity contribution in [3.05, 3.63) is 28.6 Å². The van der Waals surface area contributed by atoms with Crippen LogP contribution in [-0.4, -0.2) is 33.3 Å². The second-order valence-corrected chi connectivity index (χ2v) is 10.1. The molecule has 6 nitrogen and oxygen atoms in total. The first kappa shape index (κ1) is 20.6. The van der Waals surface area contributed by atoms with Crippen LogP contribution >= 0.6 is 0 Å². The predicted molar refractivity (Wildman–Crippen MR) is 108 cm³/mol. The van der Waals surface area contributed by atoms with E-state index in [-0.39, 0.29) is 34.8 Å². The van der Waals surface area contributed by atoms with Crippen molar-refractivity contribution < 1.29 is 20.1 Å². The van der Waals surface area contributed by atoms with Gasteiger partial charge in [0.2, 0.25) is 5.39 Å². The molecule has 0 aliphatic heterocycles. The van der Waals surface area contributed by atoms with Gasteiger partial charge in [0, 0.05) is 0 Å². The molecule has 8 atom stereocenters. The molecule has 3 fully saturated rings. The predicted octanol–water partition coefficient (Wildman–Crippen LogP) is 4.11. The van der Waals surface area contributed by atoms with Gasteiger partial charge in [-0.1, -0.05) is 18.6 Å². The Hall–Kier alpha value is -1.71. The van der Waals surface area contributed by atoms with Crippen LogP contribution in [0, 0.1) is 39.9 Å². The molecule has 0 saturated heterocycles. The lowest BCUT2D eigenvalue weighted by Gasteiger charge is -2.58. The normalized spacial score (nSPS) is 45.3. The summed E-state index contributed by atoms with van der Waals surface area (Å²) in [6, 6.07) is 0. The number of rotatable bonds is 3. The molecule has 4 aliphatic rings. The van der Waals surface area contributed by atoms with Crippen LogP contribution in [0.25, 0.3) is 4.98 Å². The first-order valence-corrected chi connectivity index (χ1v) is 11.1. The second-order valence-electron chi connectivity index (χ2n) is 10.1. The largest absolute Gasteiger partial charge is 0.508 e. The molecule has 0 amide bonds. The number of ketones is 1. The van der Waals surface area contributed by atoms with Gasteiger partial charge in [-0.3, -0.25) is 4.79 Å². The Balaban J connectivity index is 1.75. The fourth-order valence-corrected chi connectivity index (χ4v) is 7.85. The van der Waals surface area contributed by atoms with Gasteiger partial charge in [0.15, 0.2) is 11.2 Å². The monoisotopic (exact) mass is 401 g/mol. The van der Waals surface area contributed by atoms with Crippen molar-refractivity contribution in [2.75, 3.05) is 0 Å². The molecule has 158 valence electrons. The van der Waals surface area contributed by atoms with Crippen molar-refractivity contribution in [1.82, 2.24) is 0 Å². The van der Waals surface area contributed by atoms with E-state index in [0.717, 1.165) is 44.9 Å². The number of aliphatic hydroxyl groups is 3. The minimum atomic E-state index is -0.786. The standard InChI is InChI=1S/C23H32N2O4/c1-13(27)17-5-6-19-16-4-3-14-11-15(28)7-9-22(14,2)18(16)8-10-23(17,19)21(29)20(12-26)25-24/h3,12-13,15-19,27-28H,4-11H2,1-2H3/p+1/t13-,15+,16-,17-,18+,19+,22+,23+/m1/s1. The van der Waals surface area contributed by atoms with E-state index in [1.807, 2.05) is 0 Å². The van der Waals surface area contributed by atoms with E-state index < -0.39 is 11.5 Å². The van der Waals surface area contributed by atoms with Gasteiger partial charge in [-0.05, 0) is 87.4 Å². The highest BCUT2D eigenvalue weighted by Crippen LogP contribution is 2.67. The van der Waals surface area contributed by atoms with Crippen LogP contribution in [0.5, 0.6) is 0 Å². The third kappa shape index (κ3) is 2.81. The Morgan fingerprint density at radius 3 is 2.69 bits per heavy atom. The Labute approximate surface area is 172 Å². The molecule has 0 aromatic heterocycles. The Morgan fingerprint density at radius 2 is 2.03 bits per heavy atom. The van der Waals surface area contributed by atoms with Crippen LogP contribution in [0.2, 0.25) is 0 Å². The minimum Gasteiger partial charge on any atom is -0.508 e. The van der Waals surface area contributed by atoms with Crippen molar-refractivity contribution in [2.24, 2.45) is 34.5 Å². The summed E-state index contributed by atoms with van der Waals surface area (Å²) in [7, 11) is 0. The summed E-state index contributed by atoms with van der Waals surface area (Å²) in [5, 5.41) is 39.5. The van der Waals surface area contributed by atoms with Crippen LogP contribution in [0.15, 0.2) is 23.6 Å². The molecular weight excluding hydrogens is 368 g/mol. The van der Waals surface area contributed by atoms with E-state index in [4.69, 9.17) is 0 Å². The maximum atomic E-state index is 13.5. The average molecular weight is 402 g/mol. The topological polar surface area (TPSA) is 106 Å². The Kier molecular flexibility index (Phi) is 5.11. The number of Topliss-reactive ketones (excluding diaryl/α,β-unsaturated/α-hetero) is 1. The molecule has 3 saturated carbocycles. The number of carbonyl (C=O) groups excluding carboxylic acids is 1. The van der Waals surface area contributed by atoms with Gasteiger partial charge >= 0.3 is 5.70 Å². The van der Waals surface area contributed by atoms with Crippen molar-refractivity contribution >= 4 is 5.78 Å². The molecule has 0 unspecified atom stereocenters. The van der Waals surface area contributed by atoms with Gasteiger partial charge in [-0.15, -0.1) is 0 Å². The van der Waals surface area contributed by atoms with E-state index >= 15 is 0 Å². The van der Waals surface area contributed by atoms with Crippen LogP contribution in [0.1, 0.15) is 65.2 Å². The van der Waals surface area contributed by atoms with Gasteiger partial charge < -0.3 is 15.3 Å². The van der Waals surface area contributed by atoms with Gasteiger partial charge in [-0.25, -0.2) is 0 Å². The van der Waals surface area contributed by atoms with E-state index in [1.54, 1.807) is 6.92 Å². The Bertz CT molecular complexity index is 797. The first-order chi connectivity index (χ1) is 13.8. The third-order valence-electron chi connectivity index (χ3n) is 9.12. The van der Waals surface area contributed by atoms with Gasteiger partial charge in [0.05, 0.1) is 17.6 Å². The van der Waals surface area contributed by atoms with Gasteiger partial charge in [-0.2, -0.15) is 0 Å². The molecule has 0 aromatic rings. The summed E-state index contributed by atoms with van der Waals surface area (Å²) in [5.41, 5.74) is 0.353. The van der Waals surface area contributed by atoms with Crippen molar-refractivity contribution in [3.63, 3.8) is 0 Å². The number of nitrogens with zero attached hydrogens (tertiary/aromatic N) is 2. The van der Waals surface area contributed by atoms with E-state index in [9.17, 15) is 25.5 Å². The summed E-state index contributed by atoms with van der Waals surface area (Å²) < 4.78 is 0. The smallest absolute Gasteiger partial charge is 0.461 e. The summed E-state index contributed by atoms with van der Waals surface area (Å²) in [4.78, 5) is 16.6. The average Bonchev–Trinajstić information content (AvgIpc) is 3.10.